The number of hydrogen-bond acceptors (Lipinski definition) is 4. The molecule has 1 amide bonds. The summed E-state index contributed by atoms with van der Waals surface area (Å²) in [7, 11) is 0. The maximum atomic E-state index is 12.8. The van der Waals surface area contributed by atoms with Gasteiger partial charge in [-0.05, 0) is 32.6 Å². The van der Waals surface area contributed by atoms with Gasteiger partial charge in [0.05, 0.1) is 12.6 Å². The van der Waals surface area contributed by atoms with E-state index in [1.54, 1.807) is 0 Å². The van der Waals surface area contributed by atoms with E-state index >= 15 is 0 Å². The first kappa shape index (κ1) is 18.4. The highest BCUT2D eigenvalue weighted by molar-refractivity contribution is 5.81. The molecule has 0 spiro atoms. The molecule has 1 atom stereocenters. The van der Waals surface area contributed by atoms with Gasteiger partial charge in [-0.2, -0.15) is 0 Å². The van der Waals surface area contributed by atoms with Gasteiger partial charge in [0.25, 0.3) is 0 Å². The van der Waals surface area contributed by atoms with E-state index in [0.717, 1.165) is 76.9 Å². The van der Waals surface area contributed by atoms with Crippen molar-refractivity contribution >= 4 is 5.91 Å². The largest absolute Gasteiger partial charge is 0.341 e. The molecule has 140 valence electrons. The highest BCUT2D eigenvalue weighted by atomic mass is 16.2. The summed E-state index contributed by atoms with van der Waals surface area (Å²) in [6.45, 7) is 14.2. The van der Waals surface area contributed by atoms with Gasteiger partial charge in [0.1, 0.15) is 5.82 Å². The Kier molecular flexibility index (Phi) is 6.12. The maximum absolute atomic E-state index is 12.8. The van der Waals surface area contributed by atoms with Crippen LogP contribution in [0.15, 0.2) is 12.4 Å². The van der Waals surface area contributed by atoms with Crippen LogP contribution in [0.2, 0.25) is 0 Å². The average molecular weight is 348 g/mol. The van der Waals surface area contributed by atoms with Gasteiger partial charge in [0, 0.05) is 58.2 Å². The number of amides is 1. The highest BCUT2D eigenvalue weighted by Crippen LogP contribution is 2.18. The van der Waals surface area contributed by atoms with Crippen molar-refractivity contribution in [3.05, 3.63) is 18.2 Å². The Morgan fingerprint density at radius 1 is 1.20 bits per heavy atom. The Balaban J connectivity index is 1.47. The topological polar surface area (TPSA) is 44.6 Å². The molecule has 0 aromatic carbocycles. The molecule has 0 radical (unpaired) electrons. The minimum absolute atomic E-state index is 0.00758. The number of piperazine rings is 1. The van der Waals surface area contributed by atoms with Gasteiger partial charge < -0.3 is 9.47 Å². The Bertz CT molecular complexity index is 556. The molecule has 1 aromatic rings. The number of nitrogens with zero attached hydrogens (tertiary/aromatic N) is 5. The first-order chi connectivity index (χ1) is 12.1. The average Bonchev–Trinajstić information content (AvgIpc) is 3.09. The molecule has 0 saturated carbocycles. The summed E-state index contributed by atoms with van der Waals surface area (Å²) in [4.78, 5) is 24.1. The third-order valence-electron chi connectivity index (χ3n) is 5.91. The summed E-state index contributed by atoms with van der Waals surface area (Å²) in [6.07, 6.45) is 6.23. The molecule has 0 unspecified atom stereocenters. The van der Waals surface area contributed by atoms with E-state index < -0.39 is 0 Å². The van der Waals surface area contributed by atoms with Gasteiger partial charge in [0.15, 0.2) is 0 Å². The number of carbonyl (C=O) groups is 1. The molecule has 2 saturated heterocycles. The van der Waals surface area contributed by atoms with Crippen LogP contribution in [-0.4, -0.2) is 75.5 Å². The van der Waals surface area contributed by atoms with Crippen LogP contribution in [0.4, 0.5) is 0 Å². The lowest BCUT2D eigenvalue weighted by molar-refractivity contribution is -0.138. The smallest absolute Gasteiger partial charge is 0.239 e. The fourth-order valence-electron chi connectivity index (χ4n) is 3.94. The van der Waals surface area contributed by atoms with Gasteiger partial charge >= 0.3 is 0 Å². The monoisotopic (exact) mass is 347 g/mol. The number of hydrogen-bond donors (Lipinski definition) is 0. The van der Waals surface area contributed by atoms with Crippen LogP contribution in [-0.2, 0) is 17.9 Å². The number of likely N-dealkylation sites (tertiary alicyclic amines) is 1. The van der Waals surface area contributed by atoms with Crippen molar-refractivity contribution in [3.63, 3.8) is 0 Å². The predicted octanol–water partition coefficient (Wildman–Crippen LogP) is 1.67. The van der Waals surface area contributed by atoms with Gasteiger partial charge in [-0.3, -0.25) is 14.6 Å². The summed E-state index contributed by atoms with van der Waals surface area (Å²) in [5.41, 5.74) is 0. The number of aromatic nitrogens is 2. The molecule has 0 N–H and O–H groups in total. The molecule has 0 aliphatic carbocycles. The van der Waals surface area contributed by atoms with Crippen molar-refractivity contribution in [2.75, 3.05) is 39.3 Å². The van der Waals surface area contributed by atoms with E-state index in [4.69, 9.17) is 0 Å². The Morgan fingerprint density at radius 2 is 1.88 bits per heavy atom. The molecule has 6 nitrogen and oxygen atoms in total. The number of carbonyl (C=O) groups excluding carboxylic acids is 1. The van der Waals surface area contributed by atoms with Crippen molar-refractivity contribution in [2.24, 2.45) is 5.92 Å². The standard InChI is InChI=1S/C19H33N5O/c1-4-22-10-7-20-18(22)15-21-11-13-23(14-12-21)17(3)19(25)24-8-5-16(2)6-9-24/h7,10,16-17H,4-6,8-9,11-15H2,1-3H3/t17-/m1/s1. The van der Waals surface area contributed by atoms with Crippen molar-refractivity contribution in [2.45, 2.75) is 52.7 Å². The number of rotatable bonds is 5. The second-order valence-electron chi connectivity index (χ2n) is 7.63. The lowest BCUT2D eigenvalue weighted by Gasteiger charge is -2.40. The van der Waals surface area contributed by atoms with Crippen molar-refractivity contribution < 1.29 is 4.79 Å². The molecule has 2 fully saturated rings. The fraction of sp³-hybridized carbons (Fsp3) is 0.789. The second kappa shape index (κ2) is 8.32. The second-order valence-corrected chi connectivity index (χ2v) is 7.63. The first-order valence-corrected chi connectivity index (χ1v) is 9.83. The van der Waals surface area contributed by atoms with E-state index in [2.05, 4.69) is 45.0 Å². The van der Waals surface area contributed by atoms with Crippen LogP contribution in [0.25, 0.3) is 0 Å². The van der Waals surface area contributed by atoms with Crippen LogP contribution in [0.1, 0.15) is 39.4 Å². The van der Waals surface area contributed by atoms with E-state index in [-0.39, 0.29) is 6.04 Å². The minimum Gasteiger partial charge on any atom is -0.341 e. The third kappa shape index (κ3) is 4.42. The first-order valence-electron chi connectivity index (χ1n) is 9.83. The van der Waals surface area contributed by atoms with Crippen LogP contribution in [0, 0.1) is 5.92 Å². The third-order valence-corrected chi connectivity index (χ3v) is 5.91. The number of aryl methyl sites for hydroxylation is 1. The Hall–Kier alpha value is -1.40. The Labute approximate surface area is 151 Å². The van der Waals surface area contributed by atoms with Gasteiger partial charge in [-0.25, -0.2) is 4.98 Å². The zero-order valence-corrected chi connectivity index (χ0v) is 16.0. The molecule has 3 rings (SSSR count). The van der Waals surface area contributed by atoms with Gasteiger partial charge in [0.2, 0.25) is 5.91 Å². The van der Waals surface area contributed by atoms with Crippen LogP contribution >= 0.6 is 0 Å². The molecular formula is C19H33N5O. The van der Waals surface area contributed by atoms with Crippen LogP contribution < -0.4 is 0 Å². The predicted molar refractivity (Wildman–Crippen MR) is 99.2 cm³/mol. The highest BCUT2D eigenvalue weighted by Gasteiger charge is 2.30. The SMILES string of the molecule is CCn1ccnc1CN1CCN([C@H](C)C(=O)N2CCC(C)CC2)CC1. The van der Waals surface area contributed by atoms with Crippen molar-refractivity contribution in [1.29, 1.82) is 0 Å². The fourth-order valence-corrected chi connectivity index (χ4v) is 3.94. The lowest BCUT2D eigenvalue weighted by atomic mass is 9.98. The number of piperidine rings is 1. The van der Waals surface area contributed by atoms with E-state index in [1.165, 1.54) is 0 Å². The summed E-state index contributed by atoms with van der Waals surface area (Å²) in [5, 5.41) is 0. The Morgan fingerprint density at radius 3 is 2.52 bits per heavy atom. The molecule has 0 bridgehead atoms. The lowest BCUT2D eigenvalue weighted by Crippen LogP contribution is -2.55. The minimum atomic E-state index is 0.00758. The molecule has 1 aromatic heterocycles. The summed E-state index contributed by atoms with van der Waals surface area (Å²) >= 11 is 0. The molecule has 25 heavy (non-hydrogen) atoms. The van der Waals surface area contributed by atoms with E-state index in [9.17, 15) is 4.79 Å². The molecule has 2 aliphatic rings. The zero-order valence-electron chi connectivity index (χ0n) is 16.0. The maximum Gasteiger partial charge on any atom is 0.239 e. The van der Waals surface area contributed by atoms with Crippen molar-refractivity contribution in [1.82, 2.24) is 24.3 Å². The quantitative estimate of drug-likeness (QED) is 0.813. The van der Waals surface area contributed by atoms with Gasteiger partial charge in [-0.15, -0.1) is 0 Å². The van der Waals surface area contributed by atoms with Crippen molar-refractivity contribution in [3.8, 4) is 0 Å². The van der Waals surface area contributed by atoms with Gasteiger partial charge in [-0.1, -0.05) is 6.92 Å². The molecular weight excluding hydrogens is 314 g/mol. The molecule has 6 heteroatoms. The molecule has 2 aliphatic heterocycles. The van der Waals surface area contributed by atoms with E-state index in [1.807, 2.05) is 12.4 Å². The number of imidazole rings is 1. The van der Waals surface area contributed by atoms with Crippen LogP contribution in [0.5, 0.6) is 0 Å². The van der Waals surface area contributed by atoms with Crippen LogP contribution in [0.3, 0.4) is 0 Å². The molecule has 3 heterocycles. The zero-order chi connectivity index (χ0) is 17.8. The summed E-state index contributed by atoms with van der Waals surface area (Å²) in [5.74, 6) is 2.22. The van der Waals surface area contributed by atoms with E-state index in [0.29, 0.717) is 5.91 Å². The normalized spacial score (nSPS) is 22.3. The summed E-state index contributed by atoms with van der Waals surface area (Å²) in [6, 6.07) is 0.00758. The summed E-state index contributed by atoms with van der Waals surface area (Å²) < 4.78 is 2.20.